The maximum Gasteiger partial charge on any atom is 0.213 e. The first-order valence-corrected chi connectivity index (χ1v) is 7.15. The van der Waals surface area contributed by atoms with Crippen molar-refractivity contribution in [1.29, 1.82) is 0 Å². The third-order valence-corrected chi connectivity index (χ3v) is 3.34. The van der Waals surface area contributed by atoms with Gasteiger partial charge >= 0.3 is 0 Å². The second-order valence-electron chi connectivity index (χ2n) is 4.95. The van der Waals surface area contributed by atoms with Gasteiger partial charge < -0.3 is 9.84 Å². The van der Waals surface area contributed by atoms with Gasteiger partial charge in [0.25, 0.3) is 0 Å². The SMILES string of the molecule is CCCCOc1ccc(-c2ccc(F)c(CO)c2)c(C)n1. The number of rotatable bonds is 6. The Morgan fingerprint density at radius 3 is 2.71 bits per heavy atom. The van der Waals surface area contributed by atoms with E-state index in [1.165, 1.54) is 6.07 Å². The molecule has 1 N–H and O–H groups in total. The second-order valence-corrected chi connectivity index (χ2v) is 4.95. The number of benzene rings is 1. The molecule has 2 rings (SSSR count). The molecule has 0 atom stereocenters. The number of hydrogen-bond donors (Lipinski definition) is 1. The highest BCUT2D eigenvalue weighted by molar-refractivity contribution is 5.66. The van der Waals surface area contributed by atoms with E-state index in [-0.39, 0.29) is 12.2 Å². The number of aryl methyl sites for hydroxylation is 1. The first kappa shape index (κ1) is 15.4. The summed E-state index contributed by atoms with van der Waals surface area (Å²) in [6.07, 6.45) is 2.08. The molecule has 0 unspecified atom stereocenters. The molecule has 1 heterocycles. The van der Waals surface area contributed by atoms with Crippen LogP contribution in [0.15, 0.2) is 30.3 Å². The van der Waals surface area contributed by atoms with Gasteiger partial charge in [0.1, 0.15) is 5.82 Å². The number of hydrogen-bond acceptors (Lipinski definition) is 3. The Morgan fingerprint density at radius 2 is 2.05 bits per heavy atom. The Morgan fingerprint density at radius 1 is 1.24 bits per heavy atom. The summed E-state index contributed by atoms with van der Waals surface area (Å²) >= 11 is 0. The standard InChI is InChI=1S/C17H20FNO2/c1-3-4-9-21-17-8-6-15(12(2)19-17)13-5-7-16(18)14(10-13)11-20/h5-8,10,20H,3-4,9,11H2,1-2H3. The molecule has 2 aromatic rings. The Bertz CT molecular complexity index is 614. The number of aliphatic hydroxyl groups is 1. The lowest BCUT2D eigenvalue weighted by molar-refractivity contribution is 0.276. The van der Waals surface area contributed by atoms with Gasteiger partial charge in [-0.25, -0.2) is 9.37 Å². The van der Waals surface area contributed by atoms with Crippen molar-refractivity contribution in [2.75, 3.05) is 6.61 Å². The van der Waals surface area contributed by atoms with Crippen LogP contribution in [-0.4, -0.2) is 16.7 Å². The Kier molecular flexibility index (Phi) is 5.28. The Balaban J connectivity index is 2.24. The van der Waals surface area contributed by atoms with Gasteiger partial charge in [-0.3, -0.25) is 0 Å². The first-order chi connectivity index (χ1) is 10.2. The maximum atomic E-state index is 13.4. The number of unbranched alkanes of at least 4 members (excludes halogenated alkanes) is 1. The molecule has 112 valence electrons. The van der Waals surface area contributed by atoms with Crippen LogP contribution >= 0.6 is 0 Å². The van der Waals surface area contributed by atoms with E-state index in [0.29, 0.717) is 12.5 Å². The van der Waals surface area contributed by atoms with E-state index in [9.17, 15) is 4.39 Å². The van der Waals surface area contributed by atoms with E-state index in [1.54, 1.807) is 12.1 Å². The number of pyridine rings is 1. The van der Waals surface area contributed by atoms with Crippen molar-refractivity contribution >= 4 is 0 Å². The predicted octanol–water partition coefficient (Wildman–Crippen LogP) is 3.87. The molecule has 21 heavy (non-hydrogen) atoms. The molecular weight excluding hydrogens is 269 g/mol. The maximum absolute atomic E-state index is 13.4. The van der Waals surface area contributed by atoms with Crippen molar-refractivity contribution in [3.63, 3.8) is 0 Å². The monoisotopic (exact) mass is 289 g/mol. The lowest BCUT2D eigenvalue weighted by Crippen LogP contribution is -2.00. The van der Waals surface area contributed by atoms with E-state index in [0.717, 1.165) is 29.7 Å². The lowest BCUT2D eigenvalue weighted by atomic mass is 10.0. The quantitative estimate of drug-likeness (QED) is 0.821. The van der Waals surface area contributed by atoms with E-state index in [2.05, 4.69) is 11.9 Å². The van der Waals surface area contributed by atoms with Gasteiger partial charge in [0.05, 0.1) is 13.2 Å². The molecule has 0 fully saturated rings. The molecule has 4 heteroatoms. The molecule has 1 aromatic heterocycles. The van der Waals surface area contributed by atoms with Crippen LogP contribution < -0.4 is 4.74 Å². The highest BCUT2D eigenvalue weighted by atomic mass is 19.1. The summed E-state index contributed by atoms with van der Waals surface area (Å²) in [5, 5.41) is 9.15. The summed E-state index contributed by atoms with van der Waals surface area (Å²) < 4.78 is 19.0. The lowest BCUT2D eigenvalue weighted by Gasteiger charge is -2.10. The van der Waals surface area contributed by atoms with Gasteiger partial charge in [0.2, 0.25) is 5.88 Å². The Labute approximate surface area is 124 Å². The zero-order chi connectivity index (χ0) is 15.2. The summed E-state index contributed by atoms with van der Waals surface area (Å²) in [7, 11) is 0. The molecule has 0 aliphatic heterocycles. The van der Waals surface area contributed by atoms with Crippen molar-refractivity contribution in [3.05, 3.63) is 47.4 Å². The second kappa shape index (κ2) is 7.18. The fourth-order valence-electron chi connectivity index (χ4n) is 2.11. The van der Waals surface area contributed by atoms with Gasteiger partial charge in [-0.15, -0.1) is 0 Å². The average molecular weight is 289 g/mol. The normalized spacial score (nSPS) is 10.7. The molecule has 1 aromatic carbocycles. The van der Waals surface area contributed by atoms with Crippen molar-refractivity contribution in [1.82, 2.24) is 4.98 Å². The number of halogens is 1. The Hall–Kier alpha value is -1.94. The van der Waals surface area contributed by atoms with Crippen LogP contribution in [0.25, 0.3) is 11.1 Å². The molecule has 0 amide bonds. The topological polar surface area (TPSA) is 42.4 Å². The summed E-state index contributed by atoms with van der Waals surface area (Å²) in [6, 6.07) is 8.44. The fraction of sp³-hybridized carbons (Fsp3) is 0.353. The van der Waals surface area contributed by atoms with Crippen LogP contribution in [0, 0.1) is 12.7 Å². The third kappa shape index (κ3) is 3.79. The van der Waals surface area contributed by atoms with E-state index < -0.39 is 5.82 Å². The number of nitrogens with zero attached hydrogens (tertiary/aromatic N) is 1. The van der Waals surface area contributed by atoms with Crippen molar-refractivity contribution < 1.29 is 14.2 Å². The summed E-state index contributed by atoms with van der Waals surface area (Å²) in [6.45, 7) is 4.35. The first-order valence-electron chi connectivity index (χ1n) is 7.15. The predicted molar refractivity (Wildman–Crippen MR) is 80.7 cm³/mol. The third-order valence-electron chi connectivity index (χ3n) is 3.34. The number of aliphatic hydroxyl groups excluding tert-OH is 1. The van der Waals surface area contributed by atoms with Crippen LogP contribution in [-0.2, 0) is 6.61 Å². The molecule has 0 aliphatic rings. The van der Waals surface area contributed by atoms with E-state index in [1.807, 2.05) is 19.1 Å². The van der Waals surface area contributed by atoms with Gasteiger partial charge in [-0.05, 0) is 37.1 Å². The minimum absolute atomic E-state index is 0.287. The average Bonchev–Trinajstić information content (AvgIpc) is 2.48. The van der Waals surface area contributed by atoms with Crippen LogP contribution in [0.5, 0.6) is 5.88 Å². The zero-order valence-corrected chi connectivity index (χ0v) is 12.4. The van der Waals surface area contributed by atoms with Crippen LogP contribution in [0.4, 0.5) is 4.39 Å². The molecule has 3 nitrogen and oxygen atoms in total. The largest absolute Gasteiger partial charge is 0.478 e. The molecule has 0 bridgehead atoms. The smallest absolute Gasteiger partial charge is 0.213 e. The van der Waals surface area contributed by atoms with Gasteiger partial charge in [-0.2, -0.15) is 0 Å². The molecule has 0 spiro atoms. The highest BCUT2D eigenvalue weighted by Gasteiger charge is 2.08. The van der Waals surface area contributed by atoms with Gasteiger partial charge in [0.15, 0.2) is 0 Å². The van der Waals surface area contributed by atoms with Crippen LogP contribution in [0.2, 0.25) is 0 Å². The van der Waals surface area contributed by atoms with Crippen LogP contribution in [0.1, 0.15) is 31.0 Å². The molecule has 0 saturated carbocycles. The van der Waals surface area contributed by atoms with Crippen LogP contribution in [0.3, 0.4) is 0 Å². The van der Waals surface area contributed by atoms with E-state index >= 15 is 0 Å². The van der Waals surface area contributed by atoms with Crippen molar-refractivity contribution in [2.24, 2.45) is 0 Å². The van der Waals surface area contributed by atoms with E-state index in [4.69, 9.17) is 9.84 Å². The zero-order valence-electron chi connectivity index (χ0n) is 12.4. The molecule has 0 radical (unpaired) electrons. The molecular formula is C17H20FNO2. The van der Waals surface area contributed by atoms with Gasteiger partial charge in [-0.1, -0.05) is 19.4 Å². The van der Waals surface area contributed by atoms with Gasteiger partial charge in [0, 0.05) is 22.9 Å². The summed E-state index contributed by atoms with van der Waals surface area (Å²) in [5.74, 6) is 0.209. The molecule has 0 aliphatic carbocycles. The van der Waals surface area contributed by atoms with Crippen molar-refractivity contribution in [3.8, 4) is 17.0 Å². The highest BCUT2D eigenvalue weighted by Crippen LogP contribution is 2.26. The minimum Gasteiger partial charge on any atom is -0.478 e. The summed E-state index contributed by atoms with van der Waals surface area (Å²) in [4.78, 5) is 4.42. The summed E-state index contributed by atoms with van der Waals surface area (Å²) in [5.41, 5.74) is 2.85. The fourth-order valence-corrected chi connectivity index (χ4v) is 2.11. The van der Waals surface area contributed by atoms with Crippen molar-refractivity contribution in [2.45, 2.75) is 33.3 Å². The number of aromatic nitrogens is 1. The number of ether oxygens (including phenoxy) is 1. The minimum atomic E-state index is -0.397. The molecule has 0 saturated heterocycles.